The Morgan fingerprint density at radius 1 is 1.33 bits per heavy atom. The minimum absolute atomic E-state index is 0.0288. The molecule has 100 valence electrons. The Hall–Kier alpha value is -0.385. The Balaban J connectivity index is 2.61. The average molecular weight is 277 g/mol. The molecule has 3 nitrogen and oxygen atoms in total. The lowest BCUT2D eigenvalue weighted by molar-refractivity contribution is 0.00578. The lowest BCUT2D eigenvalue weighted by Crippen LogP contribution is -2.41. The van der Waals surface area contributed by atoms with Crippen LogP contribution in [0.15, 0.2) is 0 Å². The van der Waals surface area contributed by atoms with E-state index in [1.54, 1.807) is 27.7 Å². The maximum atomic E-state index is 8.08. The van der Waals surface area contributed by atoms with E-state index < -0.39 is 55.5 Å². The molecular formula is C13H22BNO2S. The van der Waals surface area contributed by atoms with E-state index in [9.17, 15) is 0 Å². The first kappa shape index (κ1) is 5.94. The number of hydrogen-bond donors (Lipinski definition) is 0. The maximum Gasteiger partial charge on any atom is 0.507 e. The third-order valence-electron chi connectivity index (χ3n) is 3.29. The normalized spacial score (nSPS) is 32.8. The highest BCUT2D eigenvalue weighted by atomic mass is 32.1. The molecule has 0 N–H and O–H groups in total. The van der Waals surface area contributed by atoms with Crippen LogP contribution in [0.3, 0.4) is 0 Å². The minimum Gasteiger partial charge on any atom is -0.399 e. The van der Waals surface area contributed by atoms with Crippen LogP contribution in [-0.4, -0.2) is 23.3 Å². The van der Waals surface area contributed by atoms with E-state index in [0.29, 0.717) is 11.3 Å². The van der Waals surface area contributed by atoms with Gasteiger partial charge in [0.15, 0.2) is 0 Å². The number of nitrogens with zero attached hydrogens (tertiary/aromatic N) is 1. The van der Waals surface area contributed by atoms with Gasteiger partial charge in [0.1, 0.15) is 0 Å². The first-order valence-electron chi connectivity index (χ1n) is 10.5. The first-order valence-corrected chi connectivity index (χ1v) is 6.34. The van der Waals surface area contributed by atoms with E-state index in [0.717, 1.165) is 0 Å². The Morgan fingerprint density at radius 3 is 2.56 bits per heavy atom. The van der Waals surface area contributed by atoms with E-state index >= 15 is 0 Å². The van der Waals surface area contributed by atoms with Crippen LogP contribution >= 0.6 is 11.3 Å². The summed E-state index contributed by atoms with van der Waals surface area (Å²) in [5, 5.41) is -0.593. The van der Waals surface area contributed by atoms with Gasteiger partial charge in [-0.1, -0.05) is 6.85 Å². The monoisotopic (exact) mass is 277 g/mol. The van der Waals surface area contributed by atoms with Crippen LogP contribution in [0.1, 0.15) is 65.3 Å². The maximum absolute atomic E-state index is 8.08. The van der Waals surface area contributed by atoms with Crippen molar-refractivity contribution in [2.45, 2.75) is 65.3 Å². The van der Waals surface area contributed by atoms with Crippen molar-refractivity contribution in [2.24, 2.45) is 0 Å². The SMILES string of the molecule is [2H]C([2H])([2H])c1nc(C([2H])([2H])C([2H])([2H])C([2H])([2H])[2H])sc1B1OC(C)(C)C(C)(C)O1. The largest absolute Gasteiger partial charge is 0.507 e. The quantitative estimate of drug-likeness (QED) is 0.796. The second-order valence-electron chi connectivity index (χ2n) is 5.07. The molecule has 1 fully saturated rings. The van der Waals surface area contributed by atoms with Gasteiger partial charge in [0.25, 0.3) is 0 Å². The first-order chi connectivity index (χ1) is 12.2. The highest BCUT2D eigenvalue weighted by Gasteiger charge is 2.52. The van der Waals surface area contributed by atoms with Crippen LogP contribution in [-0.2, 0) is 15.7 Å². The molecule has 5 heteroatoms. The molecule has 0 aliphatic carbocycles. The number of aryl methyl sites for hydroxylation is 2. The number of aromatic nitrogens is 1. The van der Waals surface area contributed by atoms with Gasteiger partial charge in [0.2, 0.25) is 0 Å². The molecule has 0 unspecified atom stereocenters. The van der Waals surface area contributed by atoms with Gasteiger partial charge in [-0.25, -0.2) is 4.98 Å². The van der Waals surface area contributed by atoms with Crippen LogP contribution in [0.4, 0.5) is 0 Å². The van der Waals surface area contributed by atoms with Gasteiger partial charge in [0.05, 0.1) is 21.0 Å². The molecule has 0 saturated carbocycles. The van der Waals surface area contributed by atoms with E-state index in [4.69, 9.17) is 23.0 Å². The van der Waals surface area contributed by atoms with Gasteiger partial charge in [-0.05, 0) is 47.3 Å². The van der Waals surface area contributed by atoms with Crippen molar-refractivity contribution in [3.05, 3.63) is 10.7 Å². The van der Waals surface area contributed by atoms with E-state index in [-0.39, 0.29) is 4.78 Å². The molecule has 1 aliphatic rings. The van der Waals surface area contributed by atoms with Crippen molar-refractivity contribution in [2.75, 3.05) is 0 Å². The zero-order chi connectivity index (χ0) is 22.1. The predicted molar refractivity (Wildman–Crippen MR) is 76.6 cm³/mol. The summed E-state index contributed by atoms with van der Waals surface area (Å²) in [5.74, 6) is 0. The van der Waals surface area contributed by atoms with E-state index in [1.165, 1.54) is 0 Å². The summed E-state index contributed by atoms with van der Waals surface area (Å²) in [5.41, 5.74) is -2.07. The third kappa shape index (κ3) is 2.36. The van der Waals surface area contributed by atoms with E-state index in [2.05, 4.69) is 4.98 Å². The van der Waals surface area contributed by atoms with Gasteiger partial charge >= 0.3 is 7.12 Å². The van der Waals surface area contributed by atoms with Gasteiger partial charge < -0.3 is 9.31 Å². The molecule has 2 rings (SSSR count). The fraction of sp³-hybridized carbons (Fsp3) is 0.769. The molecule has 1 saturated heterocycles. The fourth-order valence-corrected chi connectivity index (χ4v) is 2.33. The van der Waals surface area contributed by atoms with Crippen LogP contribution < -0.4 is 4.78 Å². The zero-order valence-electron chi connectivity index (χ0n) is 20.7. The smallest absolute Gasteiger partial charge is 0.399 e. The lowest BCUT2D eigenvalue weighted by atomic mass is 9.86. The van der Waals surface area contributed by atoms with Crippen LogP contribution in [0, 0.1) is 6.85 Å². The molecule has 1 aromatic heterocycles. The van der Waals surface area contributed by atoms with Crippen molar-refractivity contribution in [1.29, 1.82) is 0 Å². The number of thiazole rings is 1. The molecule has 0 bridgehead atoms. The summed E-state index contributed by atoms with van der Waals surface area (Å²) < 4.78 is 88.5. The highest BCUT2D eigenvalue weighted by Crippen LogP contribution is 2.37. The molecule has 0 aromatic carbocycles. The summed E-state index contributed by atoms with van der Waals surface area (Å²) in [6.07, 6.45) is -6.36. The highest BCUT2D eigenvalue weighted by molar-refractivity contribution is 7.22. The van der Waals surface area contributed by atoms with Crippen molar-refractivity contribution in [3.63, 3.8) is 0 Å². The van der Waals surface area contributed by atoms with Gasteiger partial charge in [-0.15, -0.1) is 11.3 Å². The Kier molecular flexibility index (Phi) is 1.52. The van der Waals surface area contributed by atoms with Gasteiger partial charge in [-0.2, -0.15) is 0 Å². The fourth-order valence-electron chi connectivity index (χ4n) is 1.55. The van der Waals surface area contributed by atoms with Crippen LogP contribution in [0.25, 0.3) is 0 Å². The second kappa shape index (κ2) is 4.62. The average Bonchev–Trinajstić information content (AvgIpc) is 2.97. The second-order valence-corrected chi connectivity index (χ2v) is 6.10. The summed E-state index contributed by atoms with van der Waals surface area (Å²) >= 11 is 0.549. The standard InChI is InChI=1S/C13H22BNO2S/c1-7-8-10-15-9(2)11(18-10)14-16-12(3,4)13(5,6)17-14/h7-8H2,1-6H3/i1D3,2D3,7D2,8D2. The third-order valence-corrected chi connectivity index (χ3v) is 4.28. The minimum atomic E-state index is -3.29. The summed E-state index contributed by atoms with van der Waals surface area (Å²) in [6.45, 7) is 1.00. The molecule has 18 heavy (non-hydrogen) atoms. The van der Waals surface area contributed by atoms with Crippen LogP contribution in [0.2, 0.25) is 0 Å². The summed E-state index contributed by atoms with van der Waals surface area (Å²) in [7, 11) is -1.15. The number of hydrogen-bond acceptors (Lipinski definition) is 4. The molecule has 0 atom stereocenters. The molecular weight excluding hydrogens is 245 g/mol. The lowest BCUT2D eigenvalue weighted by Gasteiger charge is -2.32. The Labute approximate surface area is 128 Å². The number of rotatable bonds is 3. The summed E-state index contributed by atoms with van der Waals surface area (Å²) in [4.78, 5) is 3.80. The van der Waals surface area contributed by atoms with Crippen LogP contribution in [0.5, 0.6) is 0 Å². The van der Waals surface area contributed by atoms with Gasteiger partial charge in [-0.3, -0.25) is 0 Å². The predicted octanol–water partition coefficient (Wildman–Crippen LogP) is 2.70. The molecule has 0 spiro atoms. The van der Waals surface area contributed by atoms with E-state index in [1.807, 2.05) is 0 Å². The Morgan fingerprint density at radius 2 is 2.00 bits per heavy atom. The Bertz CT molecular complexity index is 739. The van der Waals surface area contributed by atoms with Crippen molar-refractivity contribution in [3.8, 4) is 0 Å². The van der Waals surface area contributed by atoms with Gasteiger partial charge in [0, 0.05) is 19.4 Å². The van der Waals surface area contributed by atoms with Crippen molar-refractivity contribution >= 4 is 23.2 Å². The zero-order valence-corrected chi connectivity index (χ0v) is 11.6. The van der Waals surface area contributed by atoms with Crippen molar-refractivity contribution < 1.29 is 23.0 Å². The topological polar surface area (TPSA) is 31.4 Å². The molecule has 0 amide bonds. The molecule has 2 heterocycles. The molecule has 0 radical (unpaired) electrons. The molecule has 1 aliphatic heterocycles. The summed E-state index contributed by atoms with van der Waals surface area (Å²) in [6, 6.07) is 0. The van der Waals surface area contributed by atoms with Crippen molar-refractivity contribution in [1.82, 2.24) is 4.98 Å². The molecule has 1 aromatic rings.